The minimum absolute atomic E-state index is 0.530. The van der Waals surface area contributed by atoms with Crippen LogP contribution in [-0.2, 0) is 0 Å². The molecule has 1 heterocycles. The number of rotatable bonds is 4. The van der Waals surface area contributed by atoms with Gasteiger partial charge in [0.25, 0.3) is 0 Å². The zero-order valence-electron chi connectivity index (χ0n) is 10.7. The van der Waals surface area contributed by atoms with Crippen LogP contribution >= 0.6 is 0 Å². The van der Waals surface area contributed by atoms with Crippen molar-refractivity contribution in [2.45, 2.75) is 26.2 Å². The summed E-state index contributed by atoms with van der Waals surface area (Å²) in [4.78, 5) is 4.45. The maximum atomic E-state index is 5.98. The van der Waals surface area contributed by atoms with Gasteiger partial charge >= 0.3 is 0 Å². The number of nitrogens with zero attached hydrogens (tertiary/aromatic N) is 1. The minimum atomic E-state index is 0.530. The fourth-order valence-electron chi connectivity index (χ4n) is 2.45. The van der Waals surface area contributed by atoms with Crippen molar-refractivity contribution >= 4 is 22.3 Å². The first-order valence-electron chi connectivity index (χ1n) is 6.61. The Morgan fingerprint density at radius 2 is 2.17 bits per heavy atom. The second-order valence-electron chi connectivity index (χ2n) is 5.31. The molecule has 18 heavy (non-hydrogen) atoms. The molecule has 1 aliphatic rings. The number of pyridine rings is 1. The van der Waals surface area contributed by atoms with Crippen molar-refractivity contribution in [3.05, 3.63) is 30.5 Å². The Balaban J connectivity index is 1.90. The second-order valence-corrected chi connectivity index (χ2v) is 5.31. The Bertz CT molecular complexity index is 573. The molecule has 0 amide bonds. The lowest BCUT2D eigenvalue weighted by Gasteiger charge is -2.16. The molecule has 0 bridgehead atoms. The topological polar surface area (TPSA) is 50.9 Å². The summed E-state index contributed by atoms with van der Waals surface area (Å²) >= 11 is 0. The van der Waals surface area contributed by atoms with E-state index < -0.39 is 0 Å². The molecule has 0 aliphatic heterocycles. The van der Waals surface area contributed by atoms with E-state index in [1.165, 1.54) is 19.3 Å². The fraction of sp³-hybridized carbons (Fsp3) is 0.400. The van der Waals surface area contributed by atoms with Crippen LogP contribution in [0.25, 0.3) is 10.9 Å². The van der Waals surface area contributed by atoms with Crippen LogP contribution in [0.15, 0.2) is 30.5 Å². The summed E-state index contributed by atoms with van der Waals surface area (Å²) in [5, 5.41) is 4.58. The molecule has 0 atom stereocenters. The number of benzene rings is 1. The molecule has 3 N–H and O–H groups in total. The van der Waals surface area contributed by atoms with E-state index in [4.69, 9.17) is 5.73 Å². The molecule has 3 nitrogen and oxygen atoms in total. The van der Waals surface area contributed by atoms with Crippen molar-refractivity contribution in [2.75, 3.05) is 17.6 Å². The van der Waals surface area contributed by atoms with Gasteiger partial charge in [0, 0.05) is 23.8 Å². The summed E-state index contributed by atoms with van der Waals surface area (Å²) < 4.78 is 0. The van der Waals surface area contributed by atoms with Crippen LogP contribution in [0.4, 0.5) is 11.4 Å². The van der Waals surface area contributed by atoms with E-state index in [-0.39, 0.29) is 0 Å². The van der Waals surface area contributed by atoms with E-state index in [0.717, 1.165) is 28.8 Å². The van der Waals surface area contributed by atoms with Gasteiger partial charge in [-0.05, 0) is 48.9 Å². The van der Waals surface area contributed by atoms with Crippen molar-refractivity contribution in [1.82, 2.24) is 4.98 Å². The van der Waals surface area contributed by atoms with Crippen LogP contribution in [0, 0.1) is 5.41 Å². The van der Waals surface area contributed by atoms with Crippen molar-refractivity contribution in [2.24, 2.45) is 5.41 Å². The maximum Gasteiger partial charge on any atom is 0.0953 e. The summed E-state index contributed by atoms with van der Waals surface area (Å²) in [6.45, 7) is 3.31. The molecule has 0 spiro atoms. The molecule has 0 unspecified atom stereocenters. The lowest BCUT2D eigenvalue weighted by atomic mass is 10.0. The SMILES string of the molecule is CCC1(CNc2ccc(N)c3cccnc23)CC1. The van der Waals surface area contributed by atoms with Crippen molar-refractivity contribution in [3.63, 3.8) is 0 Å². The molecule has 1 aromatic carbocycles. The predicted octanol–water partition coefficient (Wildman–Crippen LogP) is 3.42. The second kappa shape index (κ2) is 4.16. The molecular weight excluding hydrogens is 222 g/mol. The Kier molecular flexibility index (Phi) is 2.62. The minimum Gasteiger partial charge on any atom is -0.398 e. The largest absolute Gasteiger partial charge is 0.398 e. The van der Waals surface area contributed by atoms with Gasteiger partial charge in [-0.1, -0.05) is 6.92 Å². The van der Waals surface area contributed by atoms with Gasteiger partial charge in [0.1, 0.15) is 0 Å². The highest BCUT2D eigenvalue weighted by Gasteiger charge is 2.40. The number of hydrogen-bond acceptors (Lipinski definition) is 3. The highest BCUT2D eigenvalue weighted by atomic mass is 14.9. The first kappa shape index (κ1) is 11.3. The molecule has 3 heteroatoms. The van der Waals surface area contributed by atoms with E-state index in [0.29, 0.717) is 5.41 Å². The van der Waals surface area contributed by atoms with Crippen LogP contribution in [-0.4, -0.2) is 11.5 Å². The first-order chi connectivity index (χ1) is 8.74. The molecule has 3 rings (SSSR count). The Morgan fingerprint density at radius 3 is 2.89 bits per heavy atom. The van der Waals surface area contributed by atoms with Gasteiger partial charge in [-0.2, -0.15) is 0 Å². The predicted molar refractivity (Wildman–Crippen MR) is 76.6 cm³/mol. The summed E-state index contributed by atoms with van der Waals surface area (Å²) in [5.41, 5.74) is 9.37. The smallest absolute Gasteiger partial charge is 0.0953 e. The molecule has 0 radical (unpaired) electrons. The maximum absolute atomic E-state index is 5.98. The quantitative estimate of drug-likeness (QED) is 0.806. The Morgan fingerprint density at radius 1 is 1.33 bits per heavy atom. The zero-order valence-corrected chi connectivity index (χ0v) is 10.7. The molecule has 94 valence electrons. The standard InChI is InChI=1S/C15H19N3/c1-2-15(7-8-15)10-18-13-6-5-12(16)11-4-3-9-17-14(11)13/h3-6,9,18H,2,7-8,10,16H2,1H3. The number of fused-ring (bicyclic) bond motifs is 1. The van der Waals surface area contributed by atoms with E-state index in [1.807, 2.05) is 30.5 Å². The number of nitrogens with one attached hydrogen (secondary N) is 1. The van der Waals surface area contributed by atoms with Gasteiger partial charge in [-0.15, -0.1) is 0 Å². The van der Waals surface area contributed by atoms with Crippen LogP contribution in [0.2, 0.25) is 0 Å². The lowest BCUT2D eigenvalue weighted by Crippen LogP contribution is -2.14. The normalized spacial score (nSPS) is 16.7. The van der Waals surface area contributed by atoms with Gasteiger partial charge in [0.05, 0.1) is 11.2 Å². The van der Waals surface area contributed by atoms with Gasteiger partial charge in [-0.25, -0.2) is 0 Å². The van der Waals surface area contributed by atoms with E-state index in [1.54, 1.807) is 0 Å². The van der Waals surface area contributed by atoms with Crippen molar-refractivity contribution in [3.8, 4) is 0 Å². The number of nitrogen functional groups attached to an aromatic ring is 1. The van der Waals surface area contributed by atoms with Gasteiger partial charge < -0.3 is 11.1 Å². The van der Waals surface area contributed by atoms with Crippen LogP contribution in [0.1, 0.15) is 26.2 Å². The summed E-state index contributed by atoms with van der Waals surface area (Å²) in [6, 6.07) is 7.95. The van der Waals surface area contributed by atoms with Gasteiger partial charge in [0.15, 0.2) is 0 Å². The van der Waals surface area contributed by atoms with Gasteiger partial charge in [-0.3, -0.25) is 4.98 Å². The van der Waals surface area contributed by atoms with Crippen molar-refractivity contribution in [1.29, 1.82) is 0 Å². The zero-order chi connectivity index (χ0) is 12.6. The molecule has 1 aliphatic carbocycles. The molecular formula is C15H19N3. The third-order valence-corrected chi connectivity index (χ3v) is 4.16. The Labute approximate surface area is 107 Å². The Hall–Kier alpha value is -1.77. The third kappa shape index (κ3) is 1.90. The number of aromatic nitrogens is 1. The molecule has 1 saturated carbocycles. The first-order valence-corrected chi connectivity index (χ1v) is 6.61. The monoisotopic (exact) mass is 241 g/mol. The fourth-order valence-corrected chi connectivity index (χ4v) is 2.45. The highest BCUT2D eigenvalue weighted by molar-refractivity contribution is 5.98. The van der Waals surface area contributed by atoms with E-state index in [2.05, 4.69) is 17.2 Å². The average molecular weight is 241 g/mol. The molecule has 0 saturated heterocycles. The summed E-state index contributed by atoms with van der Waals surface area (Å²) in [7, 11) is 0. The van der Waals surface area contributed by atoms with Crippen molar-refractivity contribution < 1.29 is 0 Å². The van der Waals surface area contributed by atoms with E-state index in [9.17, 15) is 0 Å². The summed E-state index contributed by atoms with van der Waals surface area (Å²) in [5.74, 6) is 0. The number of nitrogens with two attached hydrogens (primary N) is 1. The van der Waals surface area contributed by atoms with Crippen LogP contribution < -0.4 is 11.1 Å². The molecule has 2 aromatic rings. The molecule has 1 aromatic heterocycles. The third-order valence-electron chi connectivity index (χ3n) is 4.16. The van der Waals surface area contributed by atoms with E-state index >= 15 is 0 Å². The highest BCUT2D eigenvalue weighted by Crippen LogP contribution is 2.48. The van der Waals surface area contributed by atoms with Crippen LogP contribution in [0.5, 0.6) is 0 Å². The average Bonchev–Trinajstić information content (AvgIpc) is 3.19. The number of hydrogen-bond donors (Lipinski definition) is 2. The number of anilines is 2. The van der Waals surface area contributed by atoms with Gasteiger partial charge in [0.2, 0.25) is 0 Å². The molecule has 1 fully saturated rings. The van der Waals surface area contributed by atoms with Crippen LogP contribution in [0.3, 0.4) is 0 Å². The summed E-state index contributed by atoms with van der Waals surface area (Å²) in [6.07, 6.45) is 5.76. The lowest BCUT2D eigenvalue weighted by molar-refractivity contribution is 0.521.